The van der Waals surface area contributed by atoms with Crippen LogP contribution in [0.25, 0.3) is 0 Å². The zero-order chi connectivity index (χ0) is 16.5. The average Bonchev–Trinajstić information content (AvgIpc) is 2.43. The number of aliphatic carboxylic acids is 1. The average molecular weight is 344 g/mol. The topological polar surface area (TPSA) is 66.4 Å². The van der Waals surface area contributed by atoms with E-state index in [0.717, 1.165) is 17.7 Å². The number of carbonyl (C=O) groups excluding carboxylic acids is 1. The van der Waals surface area contributed by atoms with E-state index in [1.807, 2.05) is 0 Å². The van der Waals surface area contributed by atoms with E-state index in [0.29, 0.717) is 16.7 Å². The second-order valence-electron chi connectivity index (χ2n) is 5.50. The summed E-state index contributed by atoms with van der Waals surface area (Å²) in [6, 6.07) is 6.32. The smallest absolute Gasteiger partial charge is 0.305 e. The predicted octanol–water partition coefficient (Wildman–Crippen LogP) is 3.75. The highest BCUT2D eigenvalue weighted by molar-refractivity contribution is 7.99. The number of nitrogens with one attached hydrogen (secondary N) is 1. The van der Waals surface area contributed by atoms with Gasteiger partial charge in [0.05, 0.1) is 18.2 Å². The maximum absolute atomic E-state index is 12.0. The highest BCUT2D eigenvalue weighted by atomic mass is 35.5. The molecule has 0 bridgehead atoms. The Labute approximate surface area is 140 Å². The molecule has 2 N–H and O–H groups in total. The van der Waals surface area contributed by atoms with Crippen molar-refractivity contribution >= 4 is 35.2 Å². The van der Waals surface area contributed by atoms with Crippen molar-refractivity contribution < 1.29 is 14.7 Å². The molecule has 0 radical (unpaired) electrons. The molecule has 0 spiro atoms. The number of hydrogen-bond donors (Lipinski definition) is 2. The highest BCUT2D eigenvalue weighted by Crippen LogP contribution is 2.20. The fourth-order valence-corrected chi connectivity index (χ4v) is 3.02. The predicted molar refractivity (Wildman–Crippen MR) is 91.4 cm³/mol. The van der Waals surface area contributed by atoms with Crippen molar-refractivity contribution in [3.05, 3.63) is 34.9 Å². The standard InChI is InChI=1S/C16H22ClNO3S/c1-11(2)7-8-22-10-15(19)18-14(9-16(20)21)12-3-5-13(17)6-4-12/h3-6,11,14H,7-10H2,1-2H3,(H,18,19)(H,20,21)/t14-/m0/s1. The van der Waals surface area contributed by atoms with Gasteiger partial charge in [-0.2, -0.15) is 11.8 Å². The van der Waals surface area contributed by atoms with Gasteiger partial charge in [0.25, 0.3) is 0 Å². The molecule has 0 unspecified atom stereocenters. The molecule has 0 saturated carbocycles. The maximum atomic E-state index is 12.0. The van der Waals surface area contributed by atoms with Gasteiger partial charge in [0.15, 0.2) is 0 Å². The zero-order valence-electron chi connectivity index (χ0n) is 12.8. The molecule has 1 aromatic carbocycles. The third-order valence-electron chi connectivity index (χ3n) is 3.06. The van der Waals surface area contributed by atoms with E-state index in [1.165, 1.54) is 0 Å². The van der Waals surface area contributed by atoms with E-state index >= 15 is 0 Å². The first-order valence-corrected chi connectivity index (χ1v) is 8.76. The van der Waals surface area contributed by atoms with Crippen LogP contribution >= 0.6 is 23.4 Å². The van der Waals surface area contributed by atoms with Crippen LogP contribution in [0.2, 0.25) is 5.02 Å². The van der Waals surface area contributed by atoms with Crippen LogP contribution in [-0.4, -0.2) is 28.5 Å². The lowest BCUT2D eigenvalue weighted by Gasteiger charge is -2.17. The molecular formula is C16H22ClNO3S. The Morgan fingerprint density at radius 3 is 2.45 bits per heavy atom. The first-order valence-electron chi connectivity index (χ1n) is 7.23. The molecule has 122 valence electrons. The second-order valence-corrected chi connectivity index (χ2v) is 7.05. The van der Waals surface area contributed by atoms with Gasteiger partial charge in [-0.15, -0.1) is 0 Å². The first kappa shape index (κ1) is 18.8. The number of carbonyl (C=O) groups is 2. The monoisotopic (exact) mass is 343 g/mol. The van der Waals surface area contributed by atoms with Gasteiger partial charge >= 0.3 is 5.97 Å². The summed E-state index contributed by atoms with van der Waals surface area (Å²) in [6.45, 7) is 4.29. The molecule has 6 heteroatoms. The van der Waals surface area contributed by atoms with Gasteiger partial charge in [0, 0.05) is 5.02 Å². The second kappa shape index (κ2) is 9.74. The summed E-state index contributed by atoms with van der Waals surface area (Å²) in [7, 11) is 0. The molecule has 22 heavy (non-hydrogen) atoms. The Hall–Kier alpha value is -1.20. The molecule has 1 aromatic rings. The number of carboxylic acids is 1. The van der Waals surface area contributed by atoms with Crippen LogP contribution in [0.1, 0.15) is 38.3 Å². The van der Waals surface area contributed by atoms with Gasteiger partial charge in [-0.25, -0.2) is 0 Å². The minimum absolute atomic E-state index is 0.144. The first-order chi connectivity index (χ1) is 10.4. The molecule has 0 aliphatic carbocycles. The number of thioether (sulfide) groups is 1. The van der Waals surface area contributed by atoms with Crippen molar-refractivity contribution in [1.29, 1.82) is 0 Å². The maximum Gasteiger partial charge on any atom is 0.305 e. The molecule has 1 rings (SSSR count). The number of halogens is 1. The number of benzene rings is 1. The number of rotatable bonds is 9. The van der Waals surface area contributed by atoms with Crippen LogP contribution in [0.4, 0.5) is 0 Å². The van der Waals surface area contributed by atoms with Crippen LogP contribution < -0.4 is 5.32 Å². The number of hydrogen-bond acceptors (Lipinski definition) is 3. The molecule has 4 nitrogen and oxygen atoms in total. The van der Waals surface area contributed by atoms with Crippen LogP contribution in [-0.2, 0) is 9.59 Å². The quantitative estimate of drug-likeness (QED) is 0.670. The largest absolute Gasteiger partial charge is 0.481 e. The van der Waals surface area contributed by atoms with Crippen molar-refractivity contribution in [2.75, 3.05) is 11.5 Å². The molecule has 0 fully saturated rings. The lowest BCUT2D eigenvalue weighted by Crippen LogP contribution is -2.31. The van der Waals surface area contributed by atoms with Gasteiger partial charge in [-0.1, -0.05) is 37.6 Å². The molecule has 0 aliphatic rings. The Morgan fingerprint density at radius 2 is 1.91 bits per heavy atom. The van der Waals surface area contributed by atoms with Crippen molar-refractivity contribution in [1.82, 2.24) is 5.32 Å². The summed E-state index contributed by atoms with van der Waals surface area (Å²) >= 11 is 7.40. The van der Waals surface area contributed by atoms with Crippen LogP contribution in [0.3, 0.4) is 0 Å². The van der Waals surface area contributed by atoms with E-state index in [9.17, 15) is 9.59 Å². The molecule has 0 heterocycles. The summed E-state index contributed by atoms with van der Waals surface area (Å²) in [5.74, 6) is 0.790. The fourth-order valence-electron chi connectivity index (χ4n) is 1.84. The molecule has 0 aliphatic heterocycles. The van der Waals surface area contributed by atoms with E-state index in [2.05, 4.69) is 19.2 Å². The van der Waals surface area contributed by atoms with Crippen molar-refractivity contribution in [2.24, 2.45) is 5.92 Å². The van der Waals surface area contributed by atoms with Gasteiger partial charge < -0.3 is 10.4 Å². The Morgan fingerprint density at radius 1 is 1.27 bits per heavy atom. The van der Waals surface area contributed by atoms with Gasteiger partial charge in [0.2, 0.25) is 5.91 Å². The number of amides is 1. The Bertz CT molecular complexity index is 491. The normalized spacial score (nSPS) is 12.2. The summed E-state index contributed by atoms with van der Waals surface area (Å²) < 4.78 is 0. The van der Waals surface area contributed by atoms with E-state index < -0.39 is 12.0 Å². The minimum atomic E-state index is -0.951. The number of carboxylic acid groups (broad SMARTS) is 1. The molecule has 0 saturated heterocycles. The fraction of sp³-hybridized carbons (Fsp3) is 0.500. The highest BCUT2D eigenvalue weighted by Gasteiger charge is 2.18. The summed E-state index contributed by atoms with van der Waals surface area (Å²) in [4.78, 5) is 23.0. The molecule has 1 amide bonds. The molecule has 0 aromatic heterocycles. The van der Waals surface area contributed by atoms with E-state index in [-0.39, 0.29) is 12.3 Å². The van der Waals surface area contributed by atoms with E-state index in [1.54, 1.807) is 36.0 Å². The molecule has 1 atom stereocenters. The van der Waals surface area contributed by atoms with Crippen molar-refractivity contribution in [3.8, 4) is 0 Å². The SMILES string of the molecule is CC(C)CCSCC(=O)N[C@@H](CC(=O)O)c1ccc(Cl)cc1. The van der Waals surface area contributed by atoms with Crippen LogP contribution in [0.15, 0.2) is 24.3 Å². The van der Waals surface area contributed by atoms with Crippen molar-refractivity contribution in [3.63, 3.8) is 0 Å². The summed E-state index contributed by atoms with van der Waals surface area (Å²) in [5, 5.41) is 12.4. The lowest BCUT2D eigenvalue weighted by atomic mass is 10.0. The third kappa shape index (κ3) is 7.71. The van der Waals surface area contributed by atoms with Gasteiger partial charge in [0.1, 0.15) is 0 Å². The van der Waals surface area contributed by atoms with E-state index in [4.69, 9.17) is 16.7 Å². The Kier molecular flexibility index (Phi) is 8.35. The van der Waals surface area contributed by atoms with Gasteiger partial charge in [-0.3, -0.25) is 9.59 Å². The zero-order valence-corrected chi connectivity index (χ0v) is 14.4. The van der Waals surface area contributed by atoms with Crippen LogP contribution in [0, 0.1) is 5.92 Å². The third-order valence-corrected chi connectivity index (χ3v) is 4.30. The van der Waals surface area contributed by atoms with Gasteiger partial charge in [-0.05, 0) is 35.8 Å². The van der Waals surface area contributed by atoms with Crippen molar-refractivity contribution in [2.45, 2.75) is 32.7 Å². The lowest BCUT2D eigenvalue weighted by molar-refractivity contribution is -0.137. The van der Waals surface area contributed by atoms with Crippen LogP contribution in [0.5, 0.6) is 0 Å². The summed E-state index contributed by atoms with van der Waals surface area (Å²) in [6.07, 6.45) is 0.914. The minimum Gasteiger partial charge on any atom is -0.481 e. The Balaban J connectivity index is 2.55. The summed E-state index contributed by atoms with van der Waals surface area (Å²) in [5.41, 5.74) is 0.743. The molecular weight excluding hydrogens is 322 g/mol.